The molecule has 0 aliphatic carbocycles. The van der Waals surface area contributed by atoms with E-state index in [1.54, 1.807) is 61.5 Å². The van der Waals surface area contributed by atoms with Crippen molar-refractivity contribution in [1.29, 1.82) is 0 Å². The zero-order valence-electron chi connectivity index (χ0n) is 34.0. The van der Waals surface area contributed by atoms with Crippen molar-refractivity contribution < 1.29 is 45.1 Å². The van der Waals surface area contributed by atoms with E-state index < -0.39 is 81.6 Å². The van der Waals surface area contributed by atoms with E-state index in [-0.39, 0.29) is 102 Å². The second-order valence-electron chi connectivity index (χ2n) is 15.1. The summed E-state index contributed by atoms with van der Waals surface area (Å²) in [5.41, 5.74) is -4.85. The van der Waals surface area contributed by atoms with E-state index >= 15 is 9.59 Å². The number of Topliss-reactive ketones (excluding diaryl/α,β-unsaturated/α-hetero) is 1. The first-order valence-corrected chi connectivity index (χ1v) is 22.6. The Morgan fingerprint density at radius 3 is 1.10 bits per heavy atom. The maximum absolute atomic E-state index is 16.9. The van der Waals surface area contributed by atoms with E-state index in [1.807, 2.05) is 36.4 Å². The lowest BCUT2D eigenvalue weighted by atomic mass is 9.41. The fourth-order valence-corrected chi connectivity index (χ4v) is 14.5. The van der Waals surface area contributed by atoms with Gasteiger partial charge in [0.2, 0.25) is 0 Å². The Morgan fingerprint density at radius 1 is 0.483 bits per heavy atom. The predicted octanol–water partition coefficient (Wildman–Crippen LogP) is 11.5. The van der Waals surface area contributed by atoms with Crippen molar-refractivity contribution in [2.45, 2.75) is 96.8 Å². The number of alkyl halides is 7. The Kier molecular flexibility index (Phi) is 21.3. The summed E-state index contributed by atoms with van der Waals surface area (Å²) < 4.78 is 109. The van der Waals surface area contributed by atoms with Crippen LogP contribution in [0.25, 0.3) is 0 Å². The van der Waals surface area contributed by atoms with Gasteiger partial charge in [0.15, 0.2) is 5.78 Å². The summed E-state index contributed by atoms with van der Waals surface area (Å²) in [6, 6.07) is 27.2. The highest BCUT2D eigenvalue weighted by molar-refractivity contribution is 7.97. The Morgan fingerprint density at radius 2 is 0.793 bits per heavy atom. The summed E-state index contributed by atoms with van der Waals surface area (Å²) in [5.74, 6) is -1.69. The van der Waals surface area contributed by atoms with E-state index in [4.69, 9.17) is 4.74 Å². The molecule has 0 aliphatic rings. The van der Waals surface area contributed by atoms with Gasteiger partial charge < -0.3 is 4.74 Å². The van der Waals surface area contributed by atoms with Gasteiger partial charge in [-0.3, -0.25) is 35.5 Å². The van der Waals surface area contributed by atoms with Crippen LogP contribution in [0.1, 0.15) is 96.8 Å². The molecule has 58 heavy (non-hydrogen) atoms. The van der Waals surface area contributed by atoms with Gasteiger partial charge >= 0.3 is 5.97 Å². The van der Waals surface area contributed by atoms with Crippen LogP contribution >= 0.6 is 6.89 Å². The van der Waals surface area contributed by atoms with Crippen molar-refractivity contribution in [3.05, 3.63) is 91.0 Å². The molecule has 0 saturated carbocycles. The first kappa shape index (κ1) is 49.0. The number of ether oxygens (including phenoxy) is 1. The van der Waals surface area contributed by atoms with Crippen molar-refractivity contribution in [2.24, 2.45) is 16.2 Å². The van der Waals surface area contributed by atoms with E-state index in [2.05, 4.69) is 0 Å². The average Bonchev–Trinajstić information content (AvgIpc) is 3.26. The number of hydrogen-bond acceptors (Lipinski definition) is 3. The topological polar surface area (TPSA) is 43.4 Å². The quantitative estimate of drug-likeness (QED) is 0.0291. The number of carbonyl (C=O) groups is 2. The minimum atomic E-state index is -3.63. The van der Waals surface area contributed by atoms with Crippen LogP contribution in [0.2, 0.25) is 0 Å². The zero-order valence-corrected chi connectivity index (χ0v) is 34.9. The number of halogens is 7. The largest absolute Gasteiger partial charge is 0.462 e. The van der Waals surface area contributed by atoms with Crippen molar-refractivity contribution in [3.63, 3.8) is 0 Å². The molecular weight excluding hydrogens is 776 g/mol. The van der Waals surface area contributed by atoms with Gasteiger partial charge in [-0.15, -0.1) is 0 Å². The standard InChI is InChI=1S/C47H62F7O3P/c1-2-57-44(56)42(58(39-19-6-3-7-20-39,40-21-8-4-9-22-40)41-23-10-5-11-24-41)43(55)46(28-15-35-51,29-16-36-52)47(30-17-37-53,31-18-38-54)45(25-12-32-48,26-13-33-49)27-14-34-50/h3-11,19-24H,2,12-18,25-38H2,1H3. The highest BCUT2D eigenvalue weighted by Gasteiger charge is 2.64. The molecule has 0 heterocycles. The monoisotopic (exact) mass is 838 g/mol. The highest BCUT2D eigenvalue weighted by atomic mass is 31.2. The van der Waals surface area contributed by atoms with Gasteiger partial charge in [0.25, 0.3) is 0 Å². The minimum absolute atomic E-state index is 0.00737. The third-order valence-corrected chi connectivity index (χ3v) is 16.4. The summed E-state index contributed by atoms with van der Waals surface area (Å²) >= 11 is 0. The number of ketones is 1. The maximum atomic E-state index is 16.9. The smallest absolute Gasteiger partial charge is 0.342 e. The summed E-state index contributed by atoms with van der Waals surface area (Å²) in [7, 11) is 0. The van der Waals surface area contributed by atoms with Crippen LogP contribution in [0.15, 0.2) is 91.0 Å². The Balaban J connectivity index is 2.90. The zero-order chi connectivity index (χ0) is 42.3. The van der Waals surface area contributed by atoms with Crippen LogP contribution in [-0.2, 0) is 14.3 Å². The molecule has 0 N–H and O–H groups in total. The fourth-order valence-electron chi connectivity index (χ4n) is 10.1. The van der Waals surface area contributed by atoms with Crippen molar-refractivity contribution in [2.75, 3.05) is 53.3 Å². The third-order valence-electron chi connectivity index (χ3n) is 12.1. The number of rotatable bonds is 30. The van der Waals surface area contributed by atoms with Gasteiger partial charge in [-0.25, -0.2) is 4.79 Å². The van der Waals surface area contributed by atoms with Crippen LogP contribution in [0.4, 0.5) is 30.7 Å². The molecule has 0 saturated heterocycles. The fraction of sp³-hybridized carbons (Fsp3) is 0.553. The molecule has 0 radical (unpaired) electrons. The van der Waals surface area contributed by atoms with Crippen LogP contribution in [-0.4, -0.2) is 70.4 Å². The second-order valence-corrected chi connectivity index (χ2v) is 18.4. The van der Waals surface area contributed by atoms with Gasteiger partial charge in [0.05, 0.1) is 53.3 Å². The number of carbonyl (C=O) groups excluding carboxylic acids is 2. The van der Waals surface area contributed by atoms with Crippen LogP contribution < -0.4 is 15.9 Å². The molecule has 0 aromatic heterocycles. The molecule has 0 amide bonds. The summed E-state index contributed by atoms with van der Waals surface area (Å²) in [6.07, 6.45) is -1.78. The van der Waals surface area contributed by atoms with E-state index in [9.17, 15) is 30.7 Å². The predicted molar refractivity (Wildman–Crippen MR) is 226 cm³/mol. The minimum Gasteiger partial charge on any atom is -0.462 e. The molecule has 0 fully saturated rings. The van der Waals surface area contributed by atoms with Gasteiger partial charge in [0.1, 0.15) is 5.29 Å². The Hall–Kier alpha value is -3.39. The molecule has 3 nitrogen and oxygen atoms in total. The molecule has 0 atom stereocenters. The van der Waals surface area contributed by atoms with Crippen LogP contribution in [0.3, 0.4) is 0 Å². The lowest BCUT2D eigenvalue weighted by Crippen LogP contribution is -2.60. The first-order chi connectivity index (χ1) is 28.3. The number of hydrogen-bond donors (Lipinski definition) is 0. The summed E-state index contributed by atoms with van der Waals surface area (Å²) in [6.45, 7) is -8.14. The van der Waals surface area contributed by atoms with Crippen LogP contribution in [0, 0.1) is 16.2 Å². The van der Waals surface area contributed by atoms with Gasteiger partial charge in [0, 0.05) is 5.41 Å². The van der Waals surface area contributed by atoms with Gasteiger partial charge in [-0.05, 0) is 130 Å². The first-order valence-electron chi connectivity index (χ1n) is 20.8. The van der Waals surface area contributed by atoms with Crippen molar-refractivity contribution in [3.8, 4) is 0 Å². The average molecular weight is 839 g/mol. The van der Waals surface area contributed by atoms with E-state index in [0.29, 0.717) is 15.9 Å². The molecule has 0 bridgehead atoms. The molecule has 3 aromatic rings. The summed E-state index contributed by atoms with van der Waals surface area (Å²) in [4.78, 5) is 32.1. The van der Waals surface area contributed by atoms with Crippen LogP contribution in [0.5, 0.6) is 0 Å². The highest BCUT2D eigenvalue weighted by Crippen LogP contribution is 2.67. The normalized spacial score (nSPS) is 12.4. The Labute approximate surface area is 341 Å². The molecule has 11 heteroatoms. The molecule has 0 unspecified atom stereocenters. The number of esters is 1. The molecule has 0 spiro atoms. The third kappa shape index (κ3) is 10.7. The van der Waals surface area contributed by atoms with Gasteiger partial charge in [-0.2, -0.15) is 0 Å². The van der Waals surface area contributed by atoms with Crippen molar-refractivity contribution in [1.82, 2.24) is 0 Å². The lowest BCUT2D eigenvalue weighted by Gasteiger charge is -2.62. The number of benzene rings is 3. The second kappa shape index (κ2) is 25.3. The Bertz CT molecular complexity index is 1530. The maximum Gasteiger partial charge on any atom is 0.342 e. The molecule has 322 valence electrons. The molecule has 3 aromatic carbocycles. The van der Waals surface area contributed by atoms with E-state index in [0.717, 1.165) is 0 Å². The van der Waals surface area contributed by atoms with Crippen molar-refractivity contribution >= 4 is 39.8 Å². The SMILES string of the molecule is CCOC(=O)C(C(=O)C(CCCF)(CCCF)C(CCCF)(CCCF)C(CCCF)(CCCF)CCCF)=P(c1ccccc1)(c1ccccc1)c1ccccc1. The molecule has 0 aliphatic heterocycles. The van der Waals surface area contributed by atoms with Gasteiger partial charge in [-0.1, -0.05) is 91.0 Å². The molecule has 3 rings (SSSR count). The van der Waals surface area contributed by atoms with E-state index in [1.165, 1.54) is 0 Å². The summed E-state index contributed by atoms with van der Waals surface area (Å²) in [5, 5.41) is 1.61. The molecular formula is C47H62F7O3P. The lowest BCUT2D eigenvalue weighted by molar-refractivity contribution is -0.160.